The predicted molar refractivity (Wildman–Crippen MR) is 137 cm³/mol. The Morgan fingerprint density at radius 3 is 2.49 bits per heavy atom. The van der Waals surface area contributed by atoms with Crippen molar-refractivity contribution in [3.05, 3.63) is 90.5 Å². The minimum Gasteiger partial charge on any atom is -0.455 e. The molecule has 4 aromatic rings. The van der Waals surface area contributed by atoms with Crippen molar-refractivity contribution in [2.24, 2.45) is 0 Å². The molecular weight excluding hydrogens is 503 g/mol. The van der Waals surface area contributed by atoms with Gasteiger partial charge in [0.15, 0.2) is 5.75 Å². The van der Waals surface area contributed by atoms with Crippen molar-refractivity contribution in [3.8, 4) is 22.9 Å². The molecule has 0 bridgehead atoms. The Morgan fingerprint density at radius 1 is 1.05 bits per heavy atom. The van der Waals surface area contributed by atoms with Crippen molar-refractivity contribution in [2.75, 3.05) is 11.1 Å². The summed E-state index contributed by atoms with van der Waals surface area (Å²) >= 11 is 1.73. The molecule has 1 amide bonds. The van der Waals surface area contributed by atoms with E-state index in [0.717, 1.165) is 28.0 Å². The molecular formula is C27H24F3N3O3S. The number of carbonyl (C=O) groups excluding carboxylic acids is 1. The normalized spacial score (nSPS) is 11.3. The van der Waals surface area contributed by atoms with E-state index in [4.69, 9.17) is 4.74 Å². The molecule has 3 aromatic carbocycles. The van der Waals surface area contributed by atoms with Crippen LogP contribution in [0.4, 0.5) is 18.9 Å². The number of aromatic nitrogens is 2. The highest BCUT2D eigenvalue weighted by atomic mass is 32.2. The van der Waals surface area contributed by atoms with Crippen LogP contribution in [0.3, 0.4) is 0 Å². The minimum absolute atomic E-state index is 0.133. The monoisotopic (exact) mass is 527 g/mol. The van der Waals surface area contributed by atoms with E-state index < -0.39 is 12.1 Å². The summed E-state index contributed by atoms with van der Waals surface area (Å²) in [5, 5.41) is 2.86. The number of amides is 1. The zero-order valence-electron chi connectivity index (χ0n) is 20.1. The molecule has 37 heavy (non-hydrogen) atoms. The van der Waals surface area contributed by atoms with Gasteiger partial charge in [0.25, 0.3) is 0 Å². The largest absolute Gasteiger partial charge is 0.573 e. The lowest BCUT2D eigenvalue weighted by Crippen LogP contribution is -2.17. The molecule has 0 atom stereocenters. The number of halogens is 3. The molecule has 0 saturated carbocycles. The van der Waals surface area contributed by atoms with E-state index >= 15 is 0 Å². The summed E-state index contributed by atoms with van der Waals surface area (Å²) in [6.07, 6.45) is -1.26. The first-order valence-electron chi connectivity index (χ1n) is 11.4. The fourth-order valence-corrected chi connectivity index (χ4v) is 4.22. The van der Waals surface area contributed by atoms with Gasteiger partial charge < -0.3 is 19.4 Å². The predicted octanol–water partition coefficient (Wildman–Crippen LogP) is 7.16. The molecule has 0 saturated heterocycles. The van der Waals surface area contributed by atoms with Gasteiger partial charge in [-0.2, -0.15) is 0 Å². The van der Waals surface area contributed by atoms with E-state index in [1.807, 2.05) is 31.2 Å². The Kier molecular flexibility index (Phi) is 8.08. The summed E-state index contributed by atoms with van der Waals surface area (Å²) in [7, 11) is 0. The first-order chi connectivity index (χ1) is 17.7. The van der Waals surface area contributed by atoms with Gasteiger partial charge in [0.05, 0.1) is 24.1 Å². The Hall–Kier alpha value is -3.92. The van der Waals surface area contributed by atoms with Crippen LogP contribution in [-0.2, 0) is 11.2 Å². The Balaban J connectivity index is 1.56. The molecule has 0 aliphatic heterocycles. The molecule has 6 nitrogen and oxygen atoms in total. The number of nitrogens with one attached hydrogen (secondary N) is 1. The number of anilines is 1. The average molecular weight is 528 g/mol. The maximum absolute atomic E-state index is 12.7. The Bertz CT molecular complexity index is 1370. The quantitative estimate of drug-likeness (QED) is 0.234. The average Bonchev–Trinajstić information content (AvgIpc) is 3.26. The van der Waals surface area contributed by atoms with Crippen LogP contribution in [0.5, 0.6) is 17.2 Å². The van der Waals surface area contributed by atoms with Gasteiger partial charge in [-0.3, -0.25) is 4.79 Å². The molecule has 0 aliphatic carbocycles. The molecule has 4 rings (SSSR count). The molecule has 10 heteroatoms. The van der Waals surface area contributed by atoms with Gasteiger partial charge in [0.2, 0.25) is 5.91 Å². The molecule has 1 aromatic heterocycles. The lowest BCUT2D eigenvalue weighted by atomic mass is 10.1. The van der Waals surface area contributed by atoms with Gasteiger partial charge in [-0.25, -0.2) is 4.98 Å². The first kappa shape index (κ1) is 26.2. The van der Waals surface area contributed by atoms with Crippen LogP contribution in [0, 0.1) is 6.92 Å². The zero-order chi connectivity index (χ0) is 26.4. The highest BCUT2D eigenvalue weighted by molar-refractivity contribution is 7.99. The van der Waals surface area contributed by atoms with Crippen LogP contribution >= 0.6 is 11.8 Å². The van der Waals surface area contributed by atoms with Crippen molar-refractivity contribution < 1.29 is 27.4 Å². The van der Waals surface area contributed by atoms with E-state index in [9.17, 15) is 18.0 Å². The third-order valence-corrected chi connectivity index (χ3v) is 5.99. The Morgan fingerprint density at radius 2 is 1.81 bits per heavy atom. The van der Waals surface area contributed by atoms with Crippen molar-refractivity contribution in [1.82, 2.24) is 9.55 Å². The van der Waals surface area contributed by atoms with E-state index in [0.29, 0.717) is 17.1 Å². The van der Waals surface area contributed by atoms with Gasteiger partial charge in [-0.05, 0) is 54.6 Å². The summed E-state index contributed by atoms with van der Waals surface area (Å²) in [6, 6.07) is 18.1. The van der Waals surface area contributed by atoms with Gasteiger partial charge >= 0.3 is 6.36 Å². The molecule has 0 unspecified atom stereocenters. The standard InChI is InChI=1S/C27H24F3N3O3S/c1-3-37-23-10-7-19(8-11-23)13-26(34)32-20-9-12-24(33-16-18(2)31-17-33)25(14-20)35-21-5-4-6-22(15-21)36-27(28,29)30/h4-12,14-17H,3,13H2,1-2H3,(H,32,34). The number of hydrogen-bond donors (Lipinski definition) is 1. The fourth-order valence-electron chi connectivity index (χ4n) is 3.56. The number of aryl methyl sites for hydroxylation is 1. The van der Waals surface area contributed by atoms with E-state index in [1.54, 1.807) is 47.1 Å². The third-order valence-electron chi connectivity index (χ3n) is 5.10. The van der Waals surface area contributed by atoms with E-state index in [1.165, 1.54) is 18.2 Å². The summed E-state index contributed by atoms with van der Waals surface area (Å²) < 4.78 is 49.7. The third kappa shape index (κ3) is 7.53. The van der Waals surface area contributed by atoms with Gasteiger partial charge in [0.1, 0.15) is 11.5 Å². The number of carbonyl (C=O) groups is 1. The smallest absolute Gasteiger partial charge is 0.455 e. The maximum atomic E-state index is 12.7. The van der Waals surface area contributed by atoms with Crippen LogP contribution in [0.15, 0.2) is 84.1 Å². The molecule has 1 heterocycles. The Labute approximate surface area is 216 Å². The van der Waals surface area contributed by atoms with Gasteiger partial charge in [0, 0.05) is 28.9 Å². The summed E-state index contributed by atoms with van der Waals surface area (Å²) in [4.78, 5) is 18.1. The molecule has 1 N–H and O–H groups in total. The number of hydrogen-bond acceptors (Lipinski definition) is 5. The number of rotatable bonds is 9. The molecule has 192 valence electrons. The van der Waals surface area contributed by atoms with Crippen molar-refractivity contribution in [1.29, 1.82) is 0 Å². The van der Waals surface area contributed by atoms with Crippen molar-refractivity contribution >= 4 is 23.4 Å². The number of thioether (sulfide) groups is 1. The van der Waals surface area contributed by atoms with Crippen LogP contribution in [-0.4, -0.2) is 27.6 Å². The summed E-state index contributed by atoms with van der Waals surface area (Å²) in [6.45, 7) is 3.91. The molecule has 0 spiro atoms. The van der Waals surface area contributed by atoms with E-state index in [2.05, 4.69) is 22.0 Å². The molecule has 0 fully saturated rings. The second-order valence-electron chi connectivity index (χ2n) is 8.03. The lowest BCUT2D eigenvalue weighted by molar-refractivity contribution is -0.274. The SMILES string of the molecule is CCSc1ccc(CC(=O)Nc2ccc(-n3cnc(C)c3)c(Oc3cccc(OC(F)(F)F)c3)c2)cc1. The van der Waals surface area contributed by atoms with Crippen molar-refractivity contribution in [2.45, 2.75) is 31.5 Å². The molecule has 0 aliphatic rings. The summed E-state index contributed by atoms with van der Waals surface area (Å²) in [5.74, 6) is 0.790. The second-order valence-corrected chi connectivity index (χ2v) is 9.37. The number of imidazole rings is 1. The summed E-state index contributed by atoms with van der Waals surface area (Å²) in [5.41, 5.74) is 2.71. The number of nitrogens with zero attached hydrogens (tertiary/aromatic N) is 2. The van der Waals surface area contributed by atoms with Crippen LogP contribution in [0.25, 0.3) is 5.69 Å². The van der Waals surface area contributed by atoms with Gasteiger partial charge in [-0.1, -0.05) is 25.1 Å². The number of ether oxygens (including phenoxy) is 2. The first-order valence-corrected chi connectivity index (χ1v) is 12.4. The van der Waals surface area contributed by atoms with Crippen LogP contribution in [0.1, 0.15) is 18.2 Å². The number of alkyl halides is 3. The molecule has 0 radical (unpaired) electrons. The maximum Gasteiger partial charge on any atom is 0.573 e. The highest BCUT2D eigenvalue weighted by Crippen LogP contribution is 2.34. The fraction of sp³-hybridized carbons (Fsp3) is 0.185. The highest BCUT2D eigenvalue weighted by Gasteiger charge is 2.31. The van der Waals surface area contributed by atoms with Crippen LogP contribution < -0.4 is 14.8 Å². The topological polar surface area (TPSA) is 65.4 Å². The second kappa shape index (κ2) is 11.4. The van der Waals surface area contributed by atoms with Crippen molar-refractivity contribution in [3.63, 3.8) is 0 Å². The van der Waals surface area contributed by atoms with E-state index in [-0.39, 0.29) is 18.1 Å². The number of benzene rings is 3. The van der Waals surface area contributed by atoms with Crippen LogP contribution in [0.2, 0.25) is 0 Å². The zero-order valence-corrected chi connectivity index (χ0v) is 20.9. The minimum atomic E-state index is -4.82. The van der Waals surface area contributed by atoms with Gasteiger partial charge in [-0.15, -0.1) is 24.9 Å². The lowest BCUT2D eigenvalue weighted by Gasteiger charge is -2.15.